The molecule has 5 rings (SSSR count). The van der Waals surface area contributed by atoms with Crippen molar-refractivity contribution in [2.75, 3.05) is 18.5 Å². The highest BCUT2D eigenvalue weighted by atomic mass is 16.6. The van der Waals surface area contributed by atoms with Crippen molar-refractivity contribution in [2.24, 2.45) is 0 Å². The lowest BCUT2D eigenvalue weighted by Gasteiger charge is -2.18. The zero-order valence-electron chi connectivity index (χ0n) is 16.8. The van der Waals surface area contributed by atoms with Crippen LogP contribution in [0, 0.1) is 6.92 Å². The molecule has 1 aliphatic rings. The van der Waals surface area contributed by atoms with Gasteiger partial charge in [0.1, 0.15) is 19.0 Å². The highest BCUT2D eigenvalue weighted by Gasteiger charge is 2.15. The first-order chi connectivity index (χ1) is 15.1. The number of hydrogen-bond donors (Lipinski definition) is 1. The van der Waals surface area contributed by atoms with E-state index in [-0.39, 0.29) is 17.9 Å². The molecule has 0 aliphatic carbocycles. The fourth-order valence-corrected chi connectivity index (χ4v) is 3.61. The van der Waals surface area contributed by atoms with Crippen LogP contribution in [0.25, 0.3) is 16.6 Å². The van der Waals surface area contributed by atoms with Gasteiger partial charge in [0.25, 0.3) is 5.56 Å². The van der Waals surface area contributed by atoms with Crippen molar-refractivity contribution in [1.29, 1.82) is 0 Å². The number of aryl methyl sites for hydroxylation is 1. The van der Waals surface area contributed by atoms with Crippen LogP contribution in [0.15, 0.2) is 64.0 Å². The summed E-state index contributed by atoms with van der Waals surface area (Å²) in [6, 6.07) is 14.2. The number of pyridine rings is 1. The maximum Gasteiger partial charge on any atom is 0.264 e. The summed E-state index contributed by atoms with van der Waals surface area (Å²) in [6.45, 7) is 2.77. The molecule has 8 heteroatoms. The number of ether oxygens (including phenoxy) is 2. The van der Waals surface area contributed by atoms with E-state index in [1.165, 1.54) is 4.57 Å². The summed E-state index contributed by atoms with van der Waals surface area (Å²) in [6.07, 6.45) is 1.79. The molecule has 4 aromatic rings. The van der Waals surface area contributed by atoms with Gasteiger partial charge in [-0.1, -0.05) is 17.3 Å². The minimum atomic E-state index is -0.242. The Balaban J connectivity index is 1.41. The van der Waals surface area contributed by atoms with Crippen LogP contribution in [0.4, 0.5) is 5.69 Å². The molecule has 156 valence electrons. The van der Waals surface area contributed by atoms with Gasteiger partial charge in [-0.3, -0.25) is 14.2 Å². The summed E-state index contributed by atoms with van der Waals surface area (Å²) in [4.78, 5) is 25.6. The molecule has 8 nitrogen and oxygen atoms in total. The number of benzene rings is 2. The summed E-state index contributed by atoms with van der Waals surface area (Å²) in [7, 11) is 0. The Morgan fingerprint density at radius 2 is 1.90 bits per heavy atom. The summed E-state index contributed by atoms with van der Waals surface area (Å²) in [5, 5.41) is 7.94. The molecule has 0 atom stereocenters. The van der Waals surface area contributed by atoms with Crippen molar-refractivity contribution >= 4 is 22.4 Å². The lowest BCUT2D eigenvalue weighted by atomic mass is 10.1. The van der Waals surface area contributed by atoms with Crippen molar-refractivity contribution in [1.82, 2.24) is 9.72 Å². The van der Waals surface area contributed by atoms with Gasteiger partial charge in [-0.15, -0.1) is 0 Å². The van der Waals surface area contributed by atoms with E-state index in [0.29, 0.717) is 52.8 Å². The van der Waals surface area contributed by atoms with Gasteiger partial charge in [-0.05, 0) is 42.8 Å². The SMILES string of the molecule is Cc1cc(-n2ccc3c(NC(=O)Cc4ccc5c(c4)OCCO5)cccc3c2=O)no1. The van der Waals surface area contributed by atoms with Gasteiger partial charge in [0.2, 0.25) is 5.91 Å². The first kappa shape index (κ1) is 18.9. The fourth-order valence-electron chi connectivity index (χ4n) is 3.61. The Kier molecular flexibility index (Phi) is 4.66. The lowest BCUT2D eigenvalue weighted by Crippen LogP contribution is -2.19. The third-order valence-electron chi connectivity index (χ3n) is 5.05. The summed E-state index contributed by atoms with van der Waals surface area (Å²) >= 11 is 0. The molecule has 0 bridgehead atoms. The number of carbonyl (C=O) groups excluding carboxylic acids is 1. The number of nitrogens with one attached hydrogen (secondary N) is 1. The molecular formula is C23H19N3O5. The highest BCUT2D eigenvalue weighted by Crippen LogP contribution is 2.31. The van der Waals surface area contributed by atoms with Crippen molar-refractivity contribution in [3.05, 3.63) is 76.4 Å². The molecule has 3 heterocycles. The van der Waals surface area contributed by atoms with Gasteiger partial charge in [0.15, 0.2) is 17.3 Å². The number of carbonyl (C=O) groups is 1. The van der Waals surface area contributed by atoms with Crippen LogP contribution in [0.2, 0.25) is 0 Å². The lowest BCUT2D eigenvalue weighted by molar-refractivity contribution is -0.115. The van der Waals surface area contributed by atoms with E-state index in [0.717, 1.165) is 5.56 Å². The average Bonchev–Trinajstić information content (AvgIpc) is 3.20. The summed E-state index contributed by atoms with van der Waals surface area (Å²) in [5.74, 6) is 2.16. The van der Waals surface area contributed by atoms with Gasteiger partial charge in [0, 0.05) is 28.7 Å². The number of nitrogens with zero attached hydrogens (tertiary/aromatic N) is 2. The fraction of sp³-hybridized carbons (Fsp3) is 0.174. The van der Waals surface area contributed by atoms with E-state index in [9.17, 15) is 9.59 Å². The van der Waals surface area contributed by atoms with Crippen LogP contribution in [-0.2, 0) is 11.2 Å². The molecule has 0 spiro atoms. The predicted octanol–water partition coefficient (Wildman–Crippen LogP) is 3.24. The molecular weight excluding hydrogens is 398 g/mol. The van der Waals surface area contributed by atoms with Crippen LogP contribution < -0.4 is 20.3 Å². The predicted molar refractivity (Wildman–Crippen MR) is 114 cm³/mol. The largest absolute Gasteiger partial charge is 0.486 e. The van der Waals surface area contributed by atoms with E-state index in [2.05, 4.69) is 10.5 Å². The second-order valence-electron chi connectivity index (χ2n) is 7.26. The Morgan fingerprint density at radius 3 is 2.71 bits per heavy atom. The standard InChI is InChI=1S/C23H19N3O5/c1-14-11-21(25-31-14)26-8-7-16-17(23(26)28)3-2-4-18(16)24-22(27)13-15-5-6-19-20(12-15)30-10-9-29-19/h2-8,11-12H,9-10,13H2,1H3,(H,24,27). The van der Waals surface area contributed by atoms with Crippen LogP contribution >= 0.6 is 0 Å². The van der Waals surface area contributed by atoms with Crippen LogP contribution in [0.3, 0.4) is 0 Å². The zero-order valence-corrected chi connectivity index (χ0v) is 16.8. The van der Waals surface area contributed by atoms with Crippen molar-refractivity contribution in [3.63, 3.8) is 0 Å². The Morgan fingerprint density at radius 1 is 1.06 bits per heavy atom. The van der Waals surface area contributed by atoms with E-state index in [1.54, 1.807) is 43.5 Å². The maximum atomic E-state index is 12.9. The first-order valence-electron chi connectivity index (χ1n) is 9.85. The van der Waals surface area contributed by atoms with Crippen LogP contribution in [0.5, 0.6) is 11.5 Å². The summed E-state index contributed by atoms with van der Waals surface area (Å²) < 4.78 is 17.6. The second kappa shape index (κ2) is 7.64. The highest BCUT2D eigenvalue weighted by molar-refractivity contribution is 6.02. The minimum absolute atomic E-state index is 0.169. The van der Waals surface area contributed by atoms with Gasteiger partial charge in [-0.2, -0.15) is 0 Å². The van der Waals surface area contributed by atoms with E-state index in [1.807, 2.05) is 18.2 Å². The smallest absolute Gasteiger partial charge is 0.264 e. The van der Waals surface area contributed by atoms with E-state index >= 15 is 0 Å². The molecule has 31 heavy (non-hydrogen) atoms. The molecule has 2 aromatic carbocycles. The number of aromatic nitrogens is 2. The zero-order chi connectivity index (χ0) is 21.4. The third kappa shape index (κ3) is 3.63. The number of fused-ring (bicyclic) bond motifs is 2. The van der Waals surface area contributed by atoms with Gasteiger partial charge >= 0.3 is 0 Å². The van der Waals surface area contributed by atoms with Gasteiger partial charge in [0.05, 0.1) is 6.42 Å². The van der Waals surface area contributed by atoms with Crippen LogP contribution in [0.1, 0.15) is 11.3 Å². The third-order valence-corrected chi connectivity index (χ3v) is 5.05. The molecule has 0 saturated heterocycles. The molecule has 0 saturated carbocycles. The van der Waals surface area contributed by atoms with Crippen molar-refractivity contribution in [3.8, 4) is 17.3 Å². The second-order valence-corrected chi connectivity index (χ2v) is 7.26. The average molecular weight is 417 g/mol. The monoisotopic (exact) mass is 417 g/mol. The quantitative estimate of drug-likeness (QED) is 0.548. The van der Waals surface area contributed by atoms with Crippen LogP contribution in [-0.4, -0.2) is 28.8 Å². The maximum absolute atomic E-state index is 12.9. The molecule has 1 aliphatic heterocycles. The number of anilines is 1. The number of hydrogen-bond acceptors (Lipinski definition) is 6. The summed E-state index contributed by atoms with van der Waals surface area (Å²) in [5.41, 5.74) is 1.14. The van der Waals surface area contributed by atoms with E-state index < -0.39 is 0 Å². The topological polar surface area (TPSA) is 95.6 Å². The number of rotatable bonds is 4. The molecule has 0 radical (unpaired) electrons. The van der Waals surface area contributed by atoms with Crippen molar-refractivity contribution < 1.29 is 18.8 Å². The first-order valence-corrected chi connectivity index (χ1v) is 9.85. The Hall–Kier alpha value is -4.07. The van der Waals surface area contributed by atoms with E-state index in [4.69, 9.17) is 14.0 Å². The molecule has 1 N–H and O–H groups in total. The Bertz CT molecular complexity index is 1360. The molecule has 0 unspecified atom stereocenters. The number of amides is 1. The molecule has 0 fully saturated rings. The van der Waals surface area contributed by atoms with Crippen molar-refractivity contribution in [2.45, 2.75) is 13.3 Å². The van der Waals surface area contributed by atoms with Gasteiger partial charge in [-0.25, -0.2) is 0 Å². The normalized spacial score (nSPS) is 12.7. The Labute approximate surface area is 177 Å². The van der Waals surface area contributed by atoms with Gasteiger partial charge < -0.3 is 19.3 Å². The molecule has 2 aromatic heterocycles. The minimum Gasteiger partial charge on any atom is -0.486 e. The molecule has 1 amide bonds.